The van der Waals surface area contributed by atoms with Crippen LogP contribution in [0.2, 0.25) is 0 Å². The van der Waals surface area contributed by atoms with Crippen LogP contribution < -0.4 is 5.32 Å². The Bertz CT molecular complexity index is 672. The number of carbonyl (C=O) groups is 1. The highest BCUT2D eigenvalue weighted by atomic mass is 32.2. The predicted molar refractivity (Wildman–Crippen MR) is 96.8 cm³/mol. The van der Waals surface area contributed by atoms with Gasteiger partial charge >= 0.3 is 6.03 Å². The molecule has 1 aliphatic carbocycles. The minimum Gasteiger partial charge on any atom is -0.335 e. The van der Waals surface area contributed by atoms with Crippen LogP contribution in [0.25, 0.3) is 0 Å². The Morgan fingerprint density at radius 3 is 2.36 bits per heavy atom. The van der Waals surface area contributed by atoms with Gasteiger partial charge in [-0.1, -0.05) is 37.5 Å². The number of rotatable bonds is 3. The smallest absolute Gasteiger partial charge is 0.317 e. The van der Waals surface area contributed by atoms with Crippen molar-refractivity contribution in [1.29, 1.82) is 0 Å². The molecule has 6 nitrogen and oxygen atoms in total. The highest BCUT2D eigenvalue weighted by molar-refractivity contribution is 7.89. The van der Waals surface area contributed by atoms with Crippen LogP contribution in [0.5, 0.6) is 0 Å². The molecular formula is C18H27N3O3S. The number of benzene rings is 1. The average Bonchev–Trinajstić information content (AvgIpc) is 2.90. The van der Waals surface area contributed by atoms with Crippen molar-refractivity contribution < 1.29 is 13.2 Å². The molecule has 3 rings (SSSR count). The SMILES string of the molecule is O=C(NC1CCCCC1)N1CCCN(S(=O)(=O)c2ccccc2)CC1. The van der Waals surface area contributed by atoms with E-state index in [2.05, 4.69) is 5.32 Å². The molecule has 138 valence electrons. The first kappa shape index (κ1) is 18.2. The number of sulfonamides is 1. The molecule has 1 saturated carbocycles. The number of carbonyl (C=O) groups excluding carboxylic acids is 1. The van der Waals surface area contributed by atoms with Gasteiger partial charge in [0.15, 0.2) is 0 Å². The van der Waals surface area contributed by atoms with Crippen molar-refractivity contribution >= 4 is 16.1 Å². The second-order valence-electron chi connectivity index (χ2n) is 6.84. The molecule has 1 N–H and O–H groups in total. The Balaban J connectivity index is 1.59. The zero-order valence-corrected chi connectivity index (χ0v) is 15.4. The standard InChI is InChI=1S/C18H27N3O3S/c22-18(19-16-8-3-1-4-9-16)20-12-7-13-21(15-14-20)25(23,24)17-10-5-2-6-11-17/h2,5-6,10-11,16H,1,3-4,7-9,12-15H2,(H,19,22). The van der Waals surface area contributed by atoms with Gasteiger partial charge in [0.25, 0.3) is 0 Å². The first-order chi connectivity index (χ1) is 12.1. The summed E-state index contributed by atoms with van der Waals surface area (Å²) in [5.74, 6) is 0. The molecule has 7 heteroatoms. The van der Waals surface area contributed by atoms with E-state index >= 15 is 0 Å². The molecule has 1 heterocycles. The Labute approximate surface area is 150 Å². The van der Waals surface area contributed by atoms with Crippen LogP contribution >= 0.6 is 0 Å². The van der Waals surface area contributed by atoms with Crippen LogP contribution in [-0.4, -0.2) is 55.9 Å². The second-order valence-corrected chi connectivity index (χ2v) is 8.78. The monoisotopic (exact) mass is 365 g/mol. The average molecular weight is 365 g/mol. The first-order valence-electron chi connectivity index (χ1n) is 9.18. The van der Waals surface area contributed by atoms with E-state index < -0.39 is 10.0 Å². The van der Waals surface area contributed by atoms with Crippen molar-refractivity contribution in [3.8, 4) is 0 Å². The molecule has 0 atom stereocenters. The molecule has 25 heavy (non-hydrogen) atoms. The Morgan fingerprint density at radius 1 is 0.920 bits per heavy atom. The van der Waals surface area contributed by atoms with Gasteiger partial charge in [-0.2, -0.15) is 4.31 Å². The van der Waals surface area contributed by atoms with Crippen LogP contribution in [0.15, 0.2) is 35.2 Å². The number of nitrogens with one attached hydrogen (secondary N) is 1. The zero-order chi connectivity index (χ0) is 17.7. The number of urea groups is 1. The van der Waals surface area contributed by atoms with Crippen molar-refractivity contribution in [3.63, 3.8) is 0 Å². The number of hydrogen-bond donors (Lipinski definition) is 1. The minimum absolute atomic E-state index is 0.0501. The lowest BCUT2D eigenvalue weighted by Crippen LogP contribution is -2.46. The number of nitrogens with zero attached hydrogens (tertiary/aromatic N) is 2. The molecule has 0 spiro atoms. The number of hydrogen-bond acceptors (Lipinski definition) is 3. The maximum Gasteiger partial charge on any atom is 0.317 e. The summed E-state index contributed by atoms with van der Waals surface area (Å²) < 4.78 is 27.0. The summed E-state index contributed by atoms with van der Waals surface area (Å²) >= 11 is 0. The van der Waals surface area contributed by atoms with Gasteiger partial charge in [-0.05, 0) is 31.4 Å². The van der Waals surface area contributed by atoms with E-state index in [0.717, 1.165) is 12.8 Å². The quantitative estimate of drug-likeness (QED) is 0.894. The predicted octanol–water partition coefficient (Wildman–Crippen LogP) is 2.43. The van der Waals surface area contributed by atoms with Crippen molar-refractivity contribution in [2.45, 2.75) is 49.5 Å². The lowest BCUT2D eigenvalue weighted by Gasteiger charge is -2.27. The van der Waals surface area contributed by atoms with E-state index in [1.54, 1.807) is 35.2 Å². The lowest BCUT2D eigenvalue weighted by atomic mass is 9.96. The molecular weight excluding hydrogens is 338 g/mol. The topological polar surface area (TPSA) is 69.7 Å². The Morgan fingerprint density at radius 2 is 1.64 bits per heavy atom. The minimum atomic E-state index is -3.49. The third-order valence-corrected chi connectivity index (χ3v) is 6.97. The van der Waals surface area contributed by atoms with Gasteiger partial charge in [0.05, 0.1) is 4.90 Å². The molecule has 1 saturated heterocycles. The molecule has 1 aromatic rings. The normalized spacial score (nSPS) is 20.9. The summed E-state index contributed by atoms with van der Waals surface area (Å²) in [5.41, 5.74) is 0. The third kappa shape index (κ3) is 4.52. The van der Waals surface area contributed by atoms with Gasteiger partial charge in [0, 0.05) is 32.2 Å². The van der Waals surface area contributed by atoms with Gasteiger partial charge in [-0.3, -0.25) is 0 Å². The molecule has 1 aromatic carbocycles. The van der Waals surface area contributed by atoms with Crippen LogP contribution in [0.3, 0.4) is 0 Å². The molecule has 1 aliphatic heterocycles. The van der Waals surface area contributed by atoms with E-state index in [0.29, 0.717) is 37.5 Å². The van der Waals surface area contributed by atoms with Crippen molar-refractivity contribution in [2.75, 3.05) is 26.2 Å². The highest BCUT2D eigenvalue weighted by Gasteiger charge is 2.28. The van der Waals surface area contributed by atoms with Gasteiger partial charge in [0.2, 0.25) is 10.0 Å². The maximum atomic E-state index is 12.7. The highest BCUT2D eigenvalue weighted by Crippen LogP contribution is 2.19. The Kier molecular flexibility index (Phi) is 5.96. The van der Waals surface area contributed by atoms with Crippen molar-refractivity contribution in [2.24, 2.45) is 0 Å². The summed E-state index contributed by atoms with van der Waals surface area (Å²) in [7, 11) is -3.49. The molecule has 0 aromatic heterocycles. The summed E-state index contributed by atoms with van der Waals surface area (Å²) in [6, 6.07) is 8.73. The van der Waals surface area contributed by atoms with Gasteiger partial charge in [-0.25, -0.2) is 13.2 Å². The van der Waals surface area contributed by atoms with Crippen LogP contribution in [0.1, 0.15) is 38.5 Å². The van der Waals surface area contributed by atoms with Crippen molar-refractivity contribution in [1.82, 2.24) is 14.5 Å². The summed E-state index contributed by atoms with van der Waals surface area (Å²) in [4.78, 5) is 14.6. The van der Waals surface area contributed by atoms with Crippen LogP contribution in [0.4, 0.5) is 4.79 Å². The second kappa shape index (κ2) is 8.19. The molecule has 0 radical (unpaired) electrons. The maximum absolute atomic E-state index is 12.7. The zero-order valence-electron chi connectivity index (χ0n) is 14.6. The molecule has 2 amide bonds. The molecule has 2 fully saturated rings. The van der Waals surface area contributed by atoms with Crippen LogP contribution in [0, 0.1) is 0 Å². The fourth-order valence-corrected chi connectivity index (χ4v) is 5.08. The van der Waals surface area contributed by atoms with Crippen molar-refractivity contribution in [3.05, 3.63) is 30.3 Å². The van der Waals surface area contributed by atoms with E-state index in [1.807, 2.05) is 0 Å². The van der Waals surface area contributed by atoms with Crippen LogP contribution in [-0.2, 0) is 10.0 Å². The van der Waals surface area contributed by atoms with Gasteiger partial charge in [0.1, 0.15) is 0 Å². The lowest BCUT2D eigenvalue weighted by molar-refractivity contribution is 0.192. The fraction of sp³-hybridized carbons (Fsp3) is 0.611. The summed E-state index contributed by atoms with van der Waals surface area (Å²) in [5, 5.41) is 3.12. The summed E-state index contributed by atoms with van der Waals surface area (Å²) in [6.07, 6.45) is 6.36. The largest absolute Gasteiger partial charge is 0.335 e. The number of amides is 2. The third-order valence-electron chi connectivity index (χ3n) is 5.06. The molecule has 2 aliphatic rings. The van der Waals surface area contributed by atoms with E-state index in [-0.39, 0.29) is 12.1 Å². The van der Waals surface area contributed by atoms with Gasteiger partial charge < -0.3 is 10.2 Å². The molecule has 0 bridgehead atoms. The summed E-state index contributed by atoms with van der Waals surface area (Å²) in [6.45, 7) is 1.82. The van der Waals surface area contributed by atoms with E-state index in [9.17, 15) is 13.2 Å². The molecule has 0 unspecified atom stereocenters. The van der Waals surface area contributed by atoms with Gasteiger partial charge in [-0.15, -0.1) is 0 Å². The fourth-order valence-electron chi connectivity index (χ4n) is 3.59. The van der Waals surface area contributed by atoms with E-state index in [1.165, 1.54) is 23.6 Å². The van der Waals surface area contributed by atoms with E-state index in [4.69, 9.17) is 0 Å². The Hall–Kier alpha value is -1.60. The first-order valence-corrected chi connectivity index (χ1v) is 10.6.